The highest BCUT2D eigenvalue weighted by Crippen LogP contribution is 2.22. The van der Waals surface area contributed by atoms with E-state index in [4.69, 9.17) is 4.74 Å². The third-order valence-electron chi connectivity index (χ3n) is 5.21. The zero-order chi connectivity index (χ0) is 19.1. The van der Waals surface area contributed by atoms with E-state index < -0.39 is 0 Å². The van der Waals surface area contributed by atoms with Crippen LogP contribution < -0.4 is 4.74 Å². The molecule has 0 bridgehead atoms. The van der Waals surface area contributed by atoms with Crippen molar-refractivity contribution in [2.24, 2.45) is 0 Å². The Bertz CT molecular complexity index is 725. The van der Waals surface area contributed by atoms with Gasteiger partial charge in [0.25, 0.3) is 0 Å². The molecule has 1 heterocycles. The van der Waals surface area contributed by atoms with E-state index in [1.54, 1.807) is 18.9 Å². The van der Waals surface area contributed by atoms with Gasteiger partial charge in [-0.1, -0.05) is 24.3 Å². The summed E-state index contributed by atoms with van der Waals surface area (Å²) >= 11 is 1.79. The molecule has 0 saturated carbocycles. The Morgan fingerprint density at radius 1 is 1.07 bits per heavy atom. The lowest BCUT2D eigenvalue weighted by Crippen LogP contribution is -2.52. The van der Waals surface area contributed by atoms with E-state index in [2.05, 4.69) is 52.5 Å². The predicted molar refractivity (Wildman–Crippen MR) is 112 cm³/mol. The standard InChI is InChI=1S/C22H30N2O2S/c1-26-21-7-3-5-18(13-21)16-24-11-10-23(17-20(24)9-12-25)15-19-6-4-8-22(14-19)27-2/h3-8,13-14,20,25H,9-12,15-17H2,1-2H3. The van der Waals surface area contributed by atoms with Crippen molar-refractivity contribution in [1.82, 2.24) is 9.80 Å². The summed E-state index contributed by atoms with van der Waals surface area (Å²) < 4.78 is 5.35. The maximum atomic E-state index is 9.56. The maximum Gasteiger partial charge on any atom is 0.119 e. The van der Waals surface area contributed by atoms with Gasteiger partial charge in [0.05, 0.1) is 7.11 Å². The van der Waals surface area contributed by atoms with Crippen molar-refractivity contribution in [3.05, 3.63) is 59.7 Å². The molecule has 1 aliphatic rings. The number of piperazine rings is 1. The van der Waals surface area contributed by atoms with Gasteiger partial charge in [-0.05, 0) is 48.1 Å². The van der Waals surface area contributed by atoms with E-state index in [9.17, 15) is 5.11 Å². The number of rotatable bonds is 8. The number of aliphatic hydroxyl groups excluding tert-OH is 1. The van der Waals surface area contributed by atoms with Crippen LogP contribution in [0.5, 0.6) is 5.75 Å². The molecule has 1 saturated heterocycles. The average molecular weight is 387 g/mol. The molecule has 0 radical (unpaired) electrons. The number of methoxy groups -OCH3 is 1. The zero-order valence-corrected chi connectivity index (χ0v) is 17.1. The number of ether oxygens (including phenoxy) is 1. The van der Waals surface area contributed by atoms with E-state index in [-0.39, 0.29) is 6.61 Å². The number of thioether (sulfide) groups is 1. The first-order valence-electron chi connectivity index (χ1n) is 9.55. The fraction of sp³-hybridized carbons (Fsp3) is 0.455. The molecule has 1 atom stereocenters. The molecule has 1 aliphatic heterocycles. The first kappa shape index (κ1) is 20.2. The minimum Gasteiger partial charge on any atom is -0.497 e. The molecule has 0 aliphatic carbocycles. The van der Waals surface area contributed by atoms with E-state index in [0.717, 1.165) is 44.9 Å². The SMILES string of the molecule is COc1cccc(CN2CCN(Cc3cccc(SC)c3)CC2CCO)c1. The molecule has 4 nitrogen and oxygen atoms in total. The van der Waals surface area contributed by atoms with Crippen LogP contribution in [-0.4, -0.2) is 60.6 Å². The molecule has 27 heavy (non-hydrogen) atoms. The highest BCUT2D eigenvalue weighted by atomic mass is 32.2. The van der Waals surface area contributed by atoms with Crippen LogP contribution in [-0.2, 0) is 13.1 Å². The molecule has 0 aromatic heterocycles. The quantitative estimate of drug-likeness (QED) is 0.703. The van der Waals surface area contributed by atoms with Crippen molar-refractivity contribution in [3.8, 4) is 5.75 Å². The molecule has 2 aromatic rings. The van der Waals surface area contributed by atoms with Gasteiger partial charge in [0.2, 0.25) is 0 Å². The Balaban J connectivity index is 1.63. The lowest BCUT2D eigenvalue weighted by Gasteiger charge is -2.41. The largest absolute Gasteiger partial charge is 0.497 e. The van der Waals surface area contributed by atoms with Gasteiger partial charge in [-0.15, -0.1) is 11.8 Å². The van der Waals surface area contributed by atoms with Crippen LogP contribution in [0.4, 0.5) is 0 Å². The predicted octanol–water partition coefficient (Wildman–Crippen LogP) is 3.49. The van der Waals surface area contributed by atoms with Gasteiger partial charge in [-0.25, -0.2) is 0 Å². The van der Waals surface area contributed by atoms with E-state index >= 15 is 0 Å². The Labute approximate surface area is 167 Å². The Morgan fingerprint density at radius 2 is 1.85 bits per heavy atom. The average Bonchev–Trinajstić information content (AvgIpc) is 2.70. The number of aliphatic hydroxyl groups is 1. The summed E-state index contributed by atoms with van der Waals surface area (Å²) in [6.45, 7) is 5.17. The van der Waals surface area contributed by atoms with Crippen molar-refractivity contribution in [2.75, 3.05) is 39.6 Å². The van der Waals surface area contributed by atoms with Crippen molar-refractivity contribution < 1.29 is 9.84 Å². The molecule has 1 fully saturated rings. The van der Waals surface area contributed by atoms with Crippen molar-refractivity contribution in [2.45, 2.75) is 30.4 Å². The van der Waals surface area contributed by atoms with Gasteiger partial charge in [0.1, 0.15) is 5.75 Å². The van der Waals surface area contributed by atoms with E-state index in [1.165, 1.54) is 16.0 Å². The first-order valence-corrected chi connectivity index (χ1v) is 10.8. The summed E-state index contributed by atoms with van der Waals surface area (Å²) in [7, 11) is 1.71. The van der Waals surface area contributed by atoms with Gasteiger partial charge in [0.15, 0.2) is 0 Å². The number of benzene rings is 2. The Kier molecular flexibility index (Phi) is 7.59. The van der Waals surface area contributed by atoms with Gasteiger partial charge >= 0.3 is 0 Å². The van der Waals surface area contributed by atoms with Crippen molar-refractivity contribution in [1.29, 1.82) is 0 Å². The Morgan fingerprint density at radius 3 is 2.59 bits per heavy atom. The monoisotopic (exact) mass is 386 g/mol. The minimum atomic E-state index is 0.231. The fourth-order valence-electron chi connectivity index (χ4n) is 3.77. The van der Waals surface area contributed by atoms with Gasteiger partial charge in [0, 0.05) is 50.3 Å². The van der Waals surface area contributed by atoms with E-state index in [1.807, 2.05) is 12.1 Å². The third-order valence-corrected chi connectivity index (χ3v) is 5.94. The zero-order valence-electron chi connectivity index (χ0n) is 16.3. The summed E-state index contributed by atoms with van der Waals surface area (Å²) in [6.07, 6.45) is 2.93. The third kappa shape index (κ3) is 5.72. The molecule has 2 aromatic carbocycles. The molecule has 0 spiro atoms. The molecular weight excluding hydrogens is 356 g/mol. The van der Waals surface area contributed by atoms with Crippen LogP contribution in [0.3, 0.4) is 0 Å². The lowest BCUT2D eigenvalue weighted by molar-refractivity contribution is 0.0499. The number of nitrogens with zero attached hydrogens (tertiary/aromatic N) is 2. The Hall–Kier alpha value is -1.53. The van der Waals surface area contributed by atoms with E-state index in [0.29, 0.717) is 6.04 Å². The molecule has 146 valence electrons. The van der Waals surface area contributed by atoms with Crippen molar-refractivity contribution >= 4 is 11.8 Å². The van der Waals surface area contributed by atoms with Crippen LogP contribution >= 0.6 is 11.8 Å². The summed E-state index contributed by atoms with van der Waals surface area (Å²) in [5, 5.41) is 9.56. The van der Waals surface area contributed by atoms with Crippen LogP contribution in [0.2, 0.25) is 0 Å². The first-order chi connectivity index (χ1) is 13.2. The summed E-state index contributed by atoms with van der Waals surface area (Å²) in [6, 6.07) is 17.5. The summed E-state index contributed by atoms with van der Waals surface area (Å²) in [5.41, 5.74) is 2.63. The normalized spacial score (nSPS) is 18.6. The maximum absolute atomic E-state index is 9.56. The fourth-order valence-corrected chi connectivity index (χ4v) is 4.25. The second kappa shape index (κ2) is 10.1. The molecule has 5 heteroatoms. The molecule has 1 N–H and O–H groups in total. The van der Waals surface area contributed by atoms with Gasteiger partial charge in [-0.2, -0.15) is 0 Å². The summed E-state index contributed by atoms with van der Waals surface area (Å²) in [4.78, 5) is 6.33. The topological polar surface area (TPSA) is 35.9 Å². The minimum absolute atomic E-state index is 0.231. The summed E-state index contributed by atoms with van der Waals surface area (Å²) in [5.74, 6) is 0.901. The highest BCUT2D eigenvalue weighted by Gasteiger charge is 2.26. The van der Waals surface area contributed by atoms with Gasteiger partial charge < -0.3 is 9.84 Å². The van der Waals surface area contributed by atoms with Crippen LogP contribution in [0.15, 0.2) is 53.4 Å². The lowest BCUT2D eigenvalue weighted by atomic mass is 10.1. The van der Waals surface area contributed by atoms with Crippen LogP contribution in [0, 0.1) is 0 Å². The van der Waals surface area contributed by atoms with Crippen LogP contribution in [0.1, 0.15) is 17.5 Å². The van der Waals surface area contributed by atoms with Crippen molar-refractivity contribution in [3.63, 3.8) is 0 Å². The second-order valence-corrected chi connectivity index (χ2v) is 7.95. The van der Waals surface area contributed by atoms with Crippen LogP contribution in [0.25, 0.3) is 0 Å². The second-order valence-electron chi connectivity index (χ2n) is 7.07. The molecule has 0 amide bonds. The molecular formula is C22H30N2O2S. The number of hydrogen-bond acceptors (Lipinski definition) is 5. The molecule has 1 unspecified atom stereocenters. The number of hydrogen-bond donors (Lipinski definition) is 1. The smallest absolute Gasteiger partial charge is 0.119 e. The molecule has 3 rings (SSSR count). The van der Waals surface area contributed by atoms with Gasteiger partial charge in [-0.3, -0.25) is 9.80 Å². The highest BCUT2D eigenvalue weighted by molar-refractivity contribution is 7.98.